The fraction of sp³-hybridized carbons (Fsp3) is 0.333. The van der Waals surface area contributed by atoms with Gasteiger partial charge in [-0.1, -0.05) is 6.07 Å². The van der Waals surface area contributed by atoms with Gasteiger partial charge < -0.3 is 10.6 Å². The molecule has 110 valence electrons. The van der Waals surface area contributed by atoms with Crippen LogP contribution in [0, 0.1) is 6.92 Å². The maximum absolute atomic E-state index is 12.2. The van der Waals surface area contributed by atoms with E-state index in [4.69, 9.17) is 5.73 Å². The number of rotatable bonds is 1. The number of nitrogens with two attached hydrogens (primary N) is 1. The van der Waals surface area contributed by atoms with E-state index in [0.29, 0.717) is 10.5 Å². The lowest BCUT2D eigenvalue weighted by molar-refractivity contribution is 0.218. The van der Waals surface area contributed by atoms with Gasteiger partial charge in [-0.15, -0.1) is 11.3 Å². The van der Waals surface area contributed by atoms with Crippen LogP contribution in [0.25, 0.3) is 5.69 Å². The van der Waals surface area contributed by atoms with E-state index in [1.54, 1.807) is 4.90 Å². The molecular formula is C15H18N4OS. The number of anilines is 1. The zero-order chi connectivity index (χ0) is 14.8. The van der Waals surface area contributed by atoms with E-state index < -0.39 is 0 Å². The van der Waals surface area contributed by atoms with Crippen molar-refractivity contribution in [1.29, 1.82) is 0 Å². The van der Waals surface area contributed by atoms with Crippen LogP contribution in [0.4, 0.5) is 10.5 Å². The molecule has 1 aliphatic rings. The van der Waals surface area contributed by atoms with E-state index in [1.165, 1.54) is 11.3 Å². The van der Waals surface area contributed by atoms with E-state index in [0.717, 1.165) is 36.5 Å². The molecule has 1 aromatic heterocycles. The normalized spacial score (nSPS) is 15.7. The third-order valence-corrected chi connectivity index (χ3v) is 4.38. The number of benzene rings is 1. The van der Waals surface area contributed by atoms with Crippen LogP contribution in [0.15, 0.2) is 35.5 Å². The maximum Gasteiger partial charge on any atom is 0.346 e. The number of nitrogen functional groups attached to an aromatic ring is 1. The van der Waals surface area contributed by atoms with Crippen LogP contribution in [-0.4, -0.2) is 28.6 Å². The van der Waals surface area contributed by atoms with E-state index in [2.05, 4.69) is 4.99 Å². The van der Waals surface area contributed by atoms with Crippen molar-refractivity contribution in [2.24, 2.45) is 4.99 Å². The van der Waals surface area contributed by atoms with Gasteiger partial charge in [-0.25, -0.2) is 4.79 Å². The predicted molar refractivity (Wildman–Crippen MR) is 84.6 cm³/mol. The summed E-state index contributed by atoms with van der Waals surface area (Å²) in [7, 11) is 0. The second kappa shape index (κ2) is 5.73. The fourth-order valence-electron chi connectivity index (χ4n) is 2.45. The van der Waals surface area contributed by atoms with Crippen molar-refractivity contribution in [2.75, 3.05) is 18.8 Å². The van der Waals surface area contributed by atoms with Crippen molar-refractivity contribution in [1.82, 2.24) is 9.47 Å². The lowest BCUT2D eigenvalue weighted by Gasteiger charge is -2.10. The molecule has 2 aromatic rings. The van der Waals surface area contributed by atoms with E-state index >= 15 is 0 Å². The first-order valence-corrected chi connectivity index (χ1v) is 7.84. The molecule has 5 nitrogen and oxygen atoms in total. The van der Waals surface area contributed by atoms with Crippen LogP contribution in [0.1, 0.15) is 17.7 Å². The molecule has 1 fully saturated rings. The predicted octanol–water partition coefficient (Wildman–Crippen LogP) is 2.55. The quantitative estimate of drug-likeness (QED) is 0.823. The van der Waals surface area contributed by atoms with Gasteiger partial charge in [-0.05, 0) is 38.0 Å². The Morgan fingerprint density at radius 2 is 2.10 bits per heavy atom. The number of thiazole rings is 1. The van der Waals surface area contributed by atoms with Crippen LogP contribution >= 0.6 is 11.3 Å². The van der Waals surface area contributed by atoms with Gasteiger partial charge in [0.1, 0.15) is 0 Å². The van der Waals surface area contributed by atoms with Gasteiger partial charge in [-0.3, -0.25) is 4.57 Å². The summed E-state index contributed by atoms with van der Waals surface area (Å²) in [5, 5.41) is 0. The van der Waals surface area contributed by atoms with Crippen LogP contribution in [0.3, 0.4) is 0 Å². The highest BCUT2D eigenvalue weighted by molar-refractivity contribution is 7.09. The molecule has 21 heavy (non-hydrogen) atoms. The molecule has 2 amide bonds. The first-order chi connectivity index (χ1) is 10.1. The van der Waals surface area contributed by atoms with Crippen molar-refractivity contribution in [3.05, 3.63) is 40.1 Å². The van der Waals surface area contributed by atoms with E-state index in [-0.39, 0.29) is 6.03 Å². The van der Waals surface area contributed by atoms with Gasteiger partial charge in [0.05, 0.1) is 0 Å². The second-order valence-corrected chi connectivity index (χ2v) is 6.39. The Bertz CT molecular complexity index is 725. The van der Waals surface area contributed by atoms with Gasteiger partial charge in [0.25, 0.3) is 0 Å². The fourth-order valence-corrected chi connectivity index (χ4v) is 3.28. The molecule has 0 saturated carbocycles. The molecule has 0 unspecified atom stereocenters. The second-order valence-electron chi connectivity index (χ2n) is 5.18. The minimum Gasteiger partial charge on any atom is -0.399 e. The summed E-state index contributed by atoms with van der Waals surface area (Å²) in [5.74, 6) is 0. The highest BCUT2D eigenvalue weighted by Crippen LogP contribution is 2.14. The number of urea groups is 1. The first-order valence-electron chi connectivity index (χ1n) is 7.02. The van der Waals surface area contributed by atoms with Crippen LogP contribution in [0.2, 0.25) is 0 Å². The number of hydrogen-bond donors (Lipinski definition) is 1. The Labute approximate surface area is 127 Å². The van der Waals surface area contributed by atoms with Gasteiger partial charge in [0.15, 0.2) is 4.80 Å². The summed E-state index contributed by atoms with van der Waals surface area (Å²) >= 11 is 1.51. The standard InChI is InChI=1S/C15H18N4OS/c1-11-10-19(13-6-4-5-12(16)9-13)15(21-11)17-14(20)18-7-2-3-8-18/h4-6,9-10H,2-3,7-8,16H2,1H3. The maximum atomic E-state index is 12.2. The molecular weight excluding hydrogens is 284 g/mol. The molecule has 1 saturated heterocycles. The zero-order valence-electron chi connectivity index (χ0n) is 12.0. The number of aromatic nitrogens is 1. The van der Waals surface area contributed by atoms with Gasteiger partial charge in [0, 0.05) is 35.5 Å². The van der Waals surface area contributed by atoms with Crippen molar-refractivity contribution < 1.29 is 4.79 Å². The number of aryl methyl sites for hydroxylation is 1. The summed E-state index contributed by atoms with van der Waals surface area (Å²) in [5.41, 5.74) is 7.46. The van der Waals surface area contributed by atoms with Crippen molar-refractivity contribution >= 4 is 23.1 Å². The lowest BCUT2D eigenvalue weighted by atomic mass is 10.3. The number of likely N-dealkylation sites (tertiary alicyclic amines) is 1. The molecule has 0 spiro atoms. The summed E-state index contributed by atoms with van der Waals surface area (Å²) in [4.78, 5) is 20.1. The smallest absolute Gasteiger partial charge is 0.346 e. The number of carbonyl (C=O) groups excluding carboxylic acids is 1. The highest BCUT2D eigenvalue weighted by atomic mass is 32.1. The molecule has 3 rings (SSSR count). The number of nitrogens with zero attached hydrogens (tertiary/aromatic N) is 3. The lowest BCUT2D eigenvalue weighted by Crippen LogP contribution is -2.27. The monoisotopic (exact) mass is 302 g/mol. The molecule has 6 heteroatoms. The Morgan fingerprint density at radius 1 is 1.33 bits per heavy atom. The number of amides is 2. The average molecular weight is 302 g/mol. The minimum absolute atomic E-state index is 0.146. The molecule has 1 aromatic carbocycles. The highest BCUT2D eigenvalue weighted by Gasteiger charge is 2.17. The summed E-state index contributed by atoms with van der Waals surface area (Å²) < 4.78 is 1.92. The molecule has 0 aliphatic carbocycles. The Morgan fingerprint density at radius 3 is 2.81 bits per heavy atom. The minimum atomic E-state index is -0.146. The van der Waals surface area contributed by atoms with Crippen molar-refractivity contribution in [3.8, 4) is 5.69 Å². The molecule has 0 radical (unpaired) electrons. The molecule has 0 bridgehead atoms. The molecule has 0 atom stereocenters. The summed E-state index contributed by atoms with van der Waals surface area (Å²) in [6, 6.07) is 7.44. The van der Waals surface area contributed by atoms with E-state index in [9.17, 15) is 4.79 Å². The van der Waals surface area contributed by atoms with Gasteiger partial charge >= 0.3 is 6.03 Å². The Hall–Kier alpha value is -2.08. The first kappa shape index (κ1) is 13.9. The third-order valence-electron chi connectivity index (χ3n) is 3.49. The third kappa shape index (κ3) is 3.00. The topological polar surface area (TPSA) is 63.6 Å². The van der Waals surface area contributed by atoms with Gasteiger partial charge in [-0.2, -0.15) is 4.99 Å². The average Bonchev–Trinajstić information content (AvgIpc) is 3.08. The van der Waals surface area contributed by atoms with E-state index in [1.807, 2.05) is 42.0 Å². The number of carbonyl (C=O) groups is 1. The Balaban J connectivity index is 2.01. The Kier molecular flexibility index (Phi) is 3.79. The van der Waals surface area contributed by atoms with Crippen molar-refractivity contribution in [3.63, 3.8) is 0 Å². The van der Waals surface area contributed by atoms with Crippen LogP contribution in [-0.2, 0) is 0 Å². The van der Waals surface area contributed by atoms with Crippen molar-refractivity contribution in [2.45, 2.75) is 19.8 Å². The summed E-state index contributed by atoms with van der Waals surface area (Å²) in [6.45, 7) is 3.63. The molecule has 1 aliphatic heterocycles. The number of hydrogen-bond acceptors (Lipinski definition) is 3. The molecule has 2 heterocycles. The van der Waals surface area contributed by atoms with Gasteiger partial charge in [0.2, 0.25) is 0 Å². The zero-order valence-corrected chi connectivity index (χ0v) is 12.8. The SMILES string of the molecule is Cc1cn(-c2cccc(N)c2)c(=NC(=O)N2CCCC2)s1. The van der Waals surface area contributed by atoms with Crippen LogP contribution < -0.4 is 10.5 Å². The molecule has 2 N–H and O–H groups in total. The van der Waals surface area contributed by atoms with Crippen LogP contribution in [0.5, 0.6) is 0 Å². The summed E-state index contributed by atoms with van der Waals surface area (Å²) in [6.07, 6.45) is 4.12. The largest absolute Gasteiger partial charge is 0.399 e.